The Morgan fingerprint density at radius 3 is 1.52 bits per heavy atom. The number of piperidine rings is 2. The predicted molar refractivity (Wildman–Crippen MR) is 255 cm³/mol. The molecule has 4 aliphatic heterocycles. The Balaban J connectivity index is 0.846. The Labute approximate surface area is 387 Å². The molecule has 340 valence electrons. The van der Waals surface area contributed by atoms with Gasteiger partial charge < -0.3 is 24.5 Å². The van der Waals surface area contributed by atoms with E-state index in [1.807, 2.05) is 71.8 Å². The summed E-state index contributed by atoms with van der Waals surface area (Å²) in [5, 5.41) is 0. The highest BCUT2D eigenvalue weighted by Crippen LogP contribution is 2.39. The molecule has 0 saturated carbocycles. The number of methoxy groups -OCH3 is 1. The number of nitrogens with zero attached hydrogens (tertiary/aromatic N) is 6. The molecule has 66 heavy (non-hydrogen) atoms. The number of carbonyl (C=O) groups is 3. The van der Waals surface area contributed by atoms with Gasteiger partial charge in [-0.15, -0.1) is 0 Å². The highest BCUT2D eigenvalue weighted by atomic mass is 16.5. The normalized spacial score (nSPS) is 20.3. The van der Waals surface area contributed by atoms with Gasteiger partial charge in [-0.3, -0.25) is 19.4 Å². The number of aromatic nitrogens is 4. The number of esters is 1. The SMILES string of the molecule is COC(=O)c1nc([C@@H]2CCCN2C(=O)[C@@H](c2ccccc2)N2CCCCC2)[nH]c1-c1ccc(-c2ccc(-c3cnc([C@@H]4CCCN4C(=O)[C@@H](c4ccccc4)N4CCCCC4)[nH]3)cc2)cc1. The fourth-order valence-electron chi connectivity index (χ4n) is 10.9. The lowest BCUT2D eigenvalue weighted by molar-refractivity contribution is -0.139. The maximum atomic E-state index is 14.6. The van der Waals surface area contributed by atoms with E-state index >= 15 is 0 Å². The Kier molecular flexibility index (Phi) is 12.9. The molecule has 4 atom stereocenters. The summed E-state index contributed by atoms with van der Waals surface area (Å²) in [6, 6.07) is 35.8. The van der Waals surface area contributed by atoms with Gasteiger partial charge in [0, 0.05) is 18.7 Å². The summed E-state index contributed by atoms with van der Waals surface area (Å²) in [6.45, 7) is 5.03. The van der Waals surface area contributed by atoms with E-state index in [1.165, 1.54) is 20.0 Å². The van der Waals surface area contributed by atoms with Crippen molar-refractivity contribution in [2.24, 2.45) is 0 Å². The zero-order valence-electron chi connectivity index (χ0n) is 37.9. The van der Waals surface area contributed by atoms with Gasteiger partial charge >= 0.3 is 5.97 Å². The zero-order chi connectivity index (χ0) is 45.0. The van der Waals surface area contributed by atoms with Crippen LogP contribution >= 0.6 is 0 Å². The predicted octanol–water partition coefficient (Wildman–Crippen LogP) is 9.70. The van der Waals surface area contributed by atoms with Crippen LogP contribution in [0.15, 0.2) is 115 Å². The molecular formula is C54H60N8O4. The number of ether oxygens (including phenoxy) is 1. The molecule has 6 aromatic rings. The summed E-state index contributed by atoms with van der Waals surface area (Å²) in [4.78, 5) is 67.8. The molecule has 0 aliphatic carbocycles. The fourth-order valence-corrected chi connectivity index (χ4v) is 10.9. The van der Waals surface area contributed by atoms with Crippen molar-refractivity contribution in [3.8, 4) is 33.6 Å². The number of hydrogen-bond donors (Lipinski definition) is 2. The van der Waals surface area contributed by atoms with Gasteiger partial charge in [-0.05, 0) is 105 Å². The van der Waals surface area contributed by atoms with Crippen LogP contribution in [0.3, 0.4) is 0 Å². The minimum absolute atomic E-state index is 0.0826. The maximum Gasteiger partial charge on any atom is 0.358 e. The van der Waals surface area contributed by atoms with Crippen molar-refractivity contribution in [3.63, 3.8) is 0 Å². The number of amides is 2. The van der Waals surface area contributed by atoms with Crippen LogP contribution in [0.25, 0.3) is 33.6 Å². The molecule has 0 radical (unpaired) electrons. The minimum atomic E-state index is -0.526. The summed E-state index contributed by atoms with van der Waals surface area (Å²) < 4.78 is 5.22. The number of aromatic amines is 2. The third kappa shape index (κ3) is 8.84. The van der Waals surface area contributed by atoms with Gasteiger partial charge in [0.25, 0.3) is 0 Å². The topological polar surface area (TPSA) is 131 Å². The number of carbonyl (C=O) groups excluding carboxylic acids is 3. The van der Waals surface area contributed by atoms with Gasteiger partial charge in [0.2, 0.25) is 11.8 Å². The van der Waals surface area contributed by atoms with Gasteiger partial charge in [0.05, 0.1) is 36.8 Å². The Morgan fingerprint density at radius 2 is 1.02 bits per heavy atom. The average molecular weight is 885 g/mol. The summed E-state index contributed by atoms with van der Waals surface area (Å²) in [7, 11) is 1.37. The van der Waals surface area contributed by atoms with Gasteiger partial charge in [0.1, 0.15) is 23.7 Å². The zero-order valence-corrected chi connectivity index (χ0v) is 37.9. The highest BCUT2D eigenvalue weighted by Gasteiger charge is 2.41. The number of likely N-dealkylation sites (tertiary alicyclic amines) is 4. The van der Waals surface area contributed by atoms with Crippen LogP contribution in [0.4, 0.5) is 0 Å². The van der Waals surface area contributed by atoms with E-state index in [0.717, 1.165) is 129 Å². The van der Waals surface area contributed by atoms with Crippen LogP contribution in [-0.4, -0.2) is 104 Å². The smallest absolute Gasteiger partial charge is 0.358 e. The second-order valence-electron chi connectivity index (χ2n) is 18.4. The molecule has 4 fully saturated rings. The number of nitrogens with one attached hydrogen (secondary N) is 2. The number of benzene rings is 4. The molecule has 4 aromatic carbocycles. The maximum absolute atomic E-state index is 14.6. The molecule has 2 amide bonds. The number of imidazole rings is 2. The van der Waals surface area contributed by atoms with Crippen LogP contribution < -0.4 is 0 Å². The summed E-state index contributed by atoms with van der Waals surface area (Å²) >= 11 is 0. The van der Waals surface area contributed by atoms with E-state index in [-0.39, 0.29) is 41.7 Å². The first-order valence-corrected chi connectivity index (χ1v) is 24.1. The first-order valence-electron chi connectivity index (χ1n) is 24.1. The van der Waals surface area contributed by atoms with Crippen LogP contribution in [0, 0.1) is 0 Å². The average Bonchev–Trinajstić information content (AvgIpc) is 4.23. The van der Waals surface area contributed by atoms with E-state index in [4.69, 9.17) is 14.7 Å². The van der Waals surface area contributed by atoms with E-state index in [1.54, 1.807) is 0 Å². The molecule has 12 heteroatoms. The first kappa shape index (κ1) is 43.5. The van der Waals surface area contributed by atoms with Gasteiger partial charge in [-0.25, -0.2) is 14.8 Å². The molecule has 2 aromatic heterocycles. The fraction of sp³-hybridized carbons (Fsp3) is 0.389. The molecule has 0 bridgehead atoms. The molecule has 0 unspecified atom stereocenters. The van der Waals surface area contributed by atoms with Crippen molar-refractivity contribution < 1.29 is 19.1 Å². The molecule has 6 heterocycles. The van der Waals surface area contributed by atoms with E-state index in [9.17, 15) is 14.4 Å². The molecule has 4 saturated heterocycles. The number of H-pyrrole nitrogens is 2. The highest BCUT2D eigenvalue weighted by molar-refractivity contribution is 5.94. The second kappa shape index (κ2) is 19.6. The van der Waals surface area contributed by atoms with Crippen molar-refractivity contribution >= 4 is 17.8 Å². The monoisotopic (exact) mass is 884 g/mol. The summed E-state index contributed by atoms with van der Waals surface area (Å²) in [5.41, 5.74) is 7.65. The standard InChI is InChI=1S/C54H60N8O4/c1-66-54(65)47-46(57-51(58-47)45-21-15-35-62(45)53(64)49(42-18-8-3-9-19-42)60-32-12-5-13-33-60)40-28-24-38(25-29-40)37-22-26-39(27-23-37)43-36-55-50(56-43)44-20-14-34-61(44)52(63)48(41-16-6-2-7-17-41)59-30-10-4-11-31-59/h2-3,6-9,16-19,22-29,36,44-45,48-49H,4-5,10-15,20-21,30-35H2,1H3,(H,55,56)(H,57,58)/t44-,45-,48+,49+/m0/s1. The van der Waals surface area contributed by atoms with Crippen molar-refractivity contribution in [1.82, 2.24) is 39.5 Å². The summed E-state index contributed by atoms with van der Waals surface area (Å²) in [6.07, 6.45) is 12.1. The van der Waals surface area contributed by atoms with Gasteiger partial charge in [-0.1, -0.05) is 122 Å². The summed E-state index contributed by atoms with van der Waals surface area (Å²) in [5.74, 6) is 1.15. The molecular weight excluding hydrogens is 825 g/mol. The molecule has 4 aliphatic rings. The molecule has 0 spiro atoms. The Hall–Kier alpha value is -6.37. The lowest BCUT2D eigenvalue weighted by Gasteiger charge is -2.37. The van der Waals surface area contributed by atoms with Gasteiger partial charge in [-0.2, -0.15) is 0 Å². The third-order valence-electron chi connectivity index (χ3n) is 14.3. The van der Waals surface area contributed by atoms with Gasteiger partial charge in [0.15, 0.2) is 5.69 Å². The first-order chi connectivity index (χ1) is 32.4. The second-order valence-corrected chi connectivity index (χ2v) is 18.4. The molecule has 2 N–H and O–H groups in total. The van der Waals surface area contributed by atoms with Crippen LogP contribution in [0.1, 0.15) is 122 Å². The van der Waals surface area contributed by atoms with E-state index in [2.05, 4.69) is 73.2 Å². The quantitative estimate of drug-likeness (QED) is 0.116. The van der Waals surface area contributed by atoms with E-state index in [0.29, 0.717) is 18.1 Å². The number of hydrogen-bond acceptors (Lipinski definition) is 8. The van der Waals surface area contributed by atoms with Crippen molar-refractivity contribution in [3.05, 3.63) is 144 Å². The van der Waals surface area contributed by atoms with Crippen LogP contribution in [0.2, 0.25) is 0 Å². The van der Waals surface area contributed by atoms with Crippen molar-refractivity contribution in [1.29, 1.82) is 0 Å². The number of rotatable bonds is 12. The van der Waals surface area contributed by atoms with Crippen LogP contribution in [0.5, 0.6) is 0 Å². The minimum Gasteiger partial charge on any atom is -0.464 e. The Morgan fingerprint density at radius 1 is 0.545 bits per heavy atom. The van der Waals surface area contributed by atoms with Crippen molar-refractivity contribution in [2.75, 3.05) is 46.4 Å². The molecule has 12 nitrogen and oxygen atoms in total. The van der Waals surface area contributed by atoms with Crippen molar-refractivity contribution in [2.45, 2.75) is 88.4 Å². The van der Waals surface area contributed by atoms with E-state index < -0.39 is 5.97 Å². The lowest BCUT2D eigenvalue weighted by atomic mass is 10.00. The Bertz CT molecular complexity index is 2600. The van der Waals surface area contributed by atoms with Crippen LogP contribution in [-0.2, 0) is 14.3 Å². The third-order valence-corrected chi connectivity index (χ3v) is 14.3. The lowest BCUT2D eigenvalue weighted by Crippen LogP contribution is -2.44. The largest absolute Gasteiger partial charge is 0.464 e. The molecule has 10 rings (SSSR count).